The van der Waals surface area contributed by atoms with Gasteiger partial charge < -0.3 is 19.4 Å². The van der Waals surface area contributed by atoms with E-state index in [0.29, 0.717) is 16.2 Å². The third kappa shape index (κ3) is 4.83. The van der Waals surface area contributed by atoms with Gasteiger partial charge in [0.1, 0.15) is 23.3 Å². The fourth-order valence-corrected chi connectivity index (χ4v) is 5.84. The highest BCUT2D eigenvalue weighted by Crippen LogP contribution is 2.43. The monoisotopic (exact) mass is 529 g/mol. The molecule has 0 radical (unpaired) electrons. The minimum Gasteiger partial charge on any atom is -0.490 e. The van der Waals surface area contributed by atoms with E-state index in [1.54, 1.807) is 6.20 Å². The van der Waals surface area contributed by atoms with Crippen molar-refractivity contribution in [1.82, 2.24) is 10.3 Å². The average Bonchev–Trinajstić information content (AvgIpc) is 3.67. The zero-order valence-electron chi connectivity index (χ0n) is 20.6. The van der Waals surface area contributed by atoms with E-state index in [0.717, 1.165) is 52.6 Å². The predicted molar refractivity (Wildman–Crippen MR) is 151 cm³/mol. The number of benzene rings is 2. The molecule has 4 aromatic rings. The van der Waals surface area contributed by atoms with Gasteiger partial charge in [-0.3, -0.25) is 4.98 Å². The summed E-state index contributed by atoms with van der Waals surface area (Å²) in [7, 11) is 0. The van der Waals surface area contributed by atoms with Gasteiger partial charge in [-0.25, -0.2) is 0 Å². The average molecular weight is 530 g/mol. The van der Waals surface area contributed by atoms with Crippen LogP contribution in [0.4, 0.5) is 5.69 Å². The van der Waals surface area contributed by atoms with Gasteiger partial charge in [-0.2, -0.15) is 0 Å². The van der Waals surface area contributed by atoms with Gasteiger partial charge in [0.25, 0.3) is 0 Å². The Morgan fingerprint density at radius 3 is 2.59 bits per heavy atom. The highest BCUT2D eigenvalue weighted by molar-refractivity contribution is 7.80. The second-order valence-corrected chi connectivity index (χ2v) is 10.5. The first-order chi connectivity index (χ1) is 18.1. The zero-order chi connectivity index (χ0) is 25.4. The van der Waals surface area contributed by atoms with E-state index in [2.05, 4.69) is 34.3 Å². The third-order valence-electron chi connectivity index (χ3n) is 7.20. The van der Waals surface area contributed by atoms with Gasteiger partial charge in [0.05, 0.1) is 17.8 Å². The summed E-state index contributed by atoms with van der Waals surface area (Å²) in [6, 6.07) is 23.6. The van der Waals surface area contributed by atoms with Crippen molar-refractivity contribution >= 4 is 34.6 Å². The molecule has 0 spiro atoms. The Labute approximate surface area is 227 Å². The topological polar surface area (TPSA) is 50.5 Å². The van der Waals surface area contributed by atoms with E-state index in [4.69, 9.17) is 33.0 Å². The number of hydrogen-bond acceptors (Lipinski definition) is 4. The lowest BCUT2D eigenvalue weighted by molar-refractivity contribution is 0.210. The molecule has 2 aliphatic rings. The maximum absolute atomic E-state index is 6.50. The van der Waals surface area contributed by atoms with E-state index < -0.39 is 0 Å². The van der Waals surface area contributed by atoms with Crippen LogP contribution >= 0.6 is 23.8 Å². The van der Waals surface area contributed by atoms with Gasteiger partial charge >= 0.3 is 0 Å². The highest BCUT2D eigenvalue weighted by Gasteiger charge is 2.42. The lowest BCUT2D eigenvalue weighted by Crippen LogP contribution is -2.29. The van der Waals surface area contributed by atoms with Gasteiger partial charge in [-0.15, -0.1) is 0 Å². The first-order valence-electron chi connectivity index (χ1n) is 12.7. The molecule has 2 aromatic heterocycles. The summed E-state index contributed by atoms with van der Waals surface area (Å²) in [6.07, 6.45) is 6.86. The van der Waals surface area contributed by atoms with Gasteiger partial charge in [0, 0.05) is 22.5 Å². The lowest BCUT2D eigenvalue weighted by atomic mass is 10.0. The molecule has 2 aromatic carbocycles. The third-order valence-corrected chi connectivity index (χ3v) is 7.75. The van der Waals surface area contributed by atoms with Gasteiger partial charge in [0.2, 0.25) is 0 Å². The van der Waals surface area contributed by atoms with E-state index >= 15 is 0 Å². The van der Waals surface area contributed by atoms with Crippen molar-refractivity contribution < 1.29 is 9.15 Å². The summed E-state index contributed by atoms with van der Waals surface area (Å²) < 4.78 is 12.7. The van der Waals surface area contributed by atoms with Crippen molar-refractivity contribution in [2.75, 3.05) is 4.90 Å². The first-order valence-corrected chi connectivity index (χ1v) is 13.5. The summed E-state index contributed by atoms with van der Waals surface area (Å²) in [5.74, 6) is 2.46. The second kappa shape index (κ2) is 10.2. The highest BCUT2D eigenvalue weighted by atomic mass is 35.5. The molecule has 37 heavy (non-hydrogen) atoms. The van der Waals surface area contributed by atoms with Gasteiger partial charge in [0.15, 0.2) is 5.11 Å². The maximum Gasteiger partial charge on any atom is 0.174 e. The molecule has 1 aliphatic carbocycles. The molecule has 3 heterocycles. The Morgan fingerprint density at radius 1 is 1.03 bits per heavy atom. The van der Waals surface area contributed by atoms with Crippen LogP contribution in [0.5, 0.6) is 5.75 Å². The van der Waals surface area contributed by atoms with Crippen molar-refractivity contribution in [2.24, 2.45) is 0 Å². The lowest BCUT2D eigenvalue weighted by Gasteiger charge is -2.26. The zero-order valence-corrected chi connectivity index (χ0v) is 22.1. The number of nitrogens with zero attached hydrogens (tertiary/aromatic N) is 2. The first kappa shape index (κ1) is 24.0. The number of aromatic nitrogens is 1. The SMILES string of the molecule is Cc1ccc(Cl)cc1-c1ccc([C@H]2[C@H](c3ccccn3)NC(=S)N2c2ccc(OC3CCCC3)cc2)o1. The largest absolute Gasteiger partial charge is 0.490 e. The predicted octanol–water partition coefficient (Wildman–Crippen LogP) is 7.80. The van der Waals surface area contributed by atoms with E-state index in [-0.39, 0.29) is 12.1 Å². The fourth-order valence-electron chi connectivity index (χ4n) is 5.32. The van der Waals surface area contributed by atoms with Crippen LogP contribution < -0.4 is 15.0 Å². The molecule has 2 fully saturated rings. The van der Waals surface area contributed by atoms with E-state index in [1.807, 2.05) is 60.7 Å². The molecule has 188 valence electrons. The molecular formula is C30H28ClN3O2S. The molecule has 1 saturated heterocycles. The molecule has 1 saturated carbocycles. The van der Waals surface area contributed by atoms with Crippen LogP contribution in [0.3, 0.4) is 0 Å². The molecule has 1 N–H and O–H groups in total. The van der Waals surface area contributed by atoms with Crippen LogP contribution in [0, 0.1) is 6.92 Å². The van der Waals surface area contributed by atoms with Crippen LogP contribution in [0.1, 0.15) is 54.8 Å². The summed E-state index contributed by atoms with van der Waals surface area (Å²) in [4.78, 5) is 6.75. The van der Waals surface area contributed by atoms with E-state index in [9.17, 15) is 0 Å². The summed E-state index contributed by atoms with van der Waals surface area (Å²) in [6.45, 7) is 2.05. The summed E-state index contributed by atoms with van der Waals surface area (Å²) in [5, 5.41) is 4.80. The molecular weight excluding hydrogens is 502 g/mol. The number of thiocarbonyl (C=S) groups is 1. The van der Waals surface area contributed by atoms with Crippen molar-refractivity contribution in [1.29, 1.82) is 0 Å². The number of rotatable bonds is 6. The molecule has 7 heteroatoms. The molecule has 2 atom stereocenters. The Bertz CT molecular complexity index is 1400. The van der Waals surface area contributed by atoms with Gasteiger partial charge in [-0.1, -0.05) is 23.7 Å². The number of pyridine rings is 1. The van der Waals surface area contributed by atoms with E-state index in [1.165, 1.54) is 12.8 Å². The minimum atomic E-state index is -0.225. The van der Waals surface area contributed by atoms with Crippen LogP contribution in [-0.4, -0.2) is 16.2 Å². The molecule has 5 nitrogen and oxygen atoms in total. The normalized spacial score (nSPS) is 19.8. The number of aryl methyl sites for hydroxylation is 1. The van der Waals surface area contributed by atoms with Crippen LogP contribution in [0.15, 0.2) is 83.4 Å². The van der Waals surface area contributed by atoms with Crippen molar-refractivity contribution in [2.45, 2.75) is 50.8 Å². The summed E-state index contributed by atoms with van der Waals surface area (Å²) >= 11 is 12.2. The molecule has 6 rings (SSSR count). The molecule has 1 aliphatic heterocycles. The fraction of sp³-hybridized carbons (Fsp3) is 0.267. The number of ether oxygens (including phenoxy) is 1. The molecule has 0 amide bonds. The van der Waals surface area contributed by atoms with Crippen LogP contribution in [0.2, 0.25) is 5.02 Å². The number of nitrogens with one attached hydrogen (secondary N) is 1. The van der Waals surface area contributed by atoms with Crippen molar-refractivity contribution in [3.63, 3.8) is 0 Å². The van der Waals surface area contributed by atoms with Gasteiger partial charge in [-0.05, 0) is 111 Å². The Hall–Kier alpha value is -3.35. The Kier molecular flexibility index (Phi) is 6.61. The van der Waals surface area contributed by atoms with Crippen molar-refractivity contribution in [3.8, 4) is 17.1 Å². The number of anilines is 1. The smallest absolute Gasteiger partial charge is 0.174 e. The number of furan rings is 1. The molecule has 0 unspecified atom stereocenters. The number of hydrogen-bond donors (Lipinski definition) is 1. The van der Waals surface area contributed by atoms with Crippen molar-refractivity contribution in [3.05, 3.63) is 101 Å². The van der Waals surface area contributed by atoms with Crippen LogP contribution in [0.25, 0.3) is 11.3 Å². The minimum absolute atomic E-state index is 0.178. The Balaban J connectivity index is 1.36. The standard InChI is InChI=1S/C30H28ClN3O2S/c1-19-9-10-20(31)18-24(19)26-15-16-27(36-26)29-28(25-8-4-5-17-32-25)33-30(37)34(29)21-11-13-23(14-12-21)35-22-6-2-3-7-22/h4-5,8-18,22,28-29H,2-3,6-7H2,1H3,(H,33,37)/t28-,29-/m0/s1. The Morgan fingerprint density at radius 2 is 1.84 bits per heavy atom. The maximum atomic E-state index is 6.50. The second-order valence-electron chi connectivity index (χ2n) is 9.68. The molecule has 0 bridgehead atoms. The number of halogens is 1. The van der Waals surface area contributed by atoms with Crippen LogP contribution in [-0.2, 0) is 0 Å². The quantitative estimate of drug-likeness (QED) is 0.257. The summed E-state index contributed by atoms with van der Waals surface area (Å²) in [5.41, 5.74) is 3.94.